The van der Waals surface area contributed by atoms with Crippen LogP contribution >= 0.6 is 0 Å². The molecule has 0 aliphatic heterocycles. The van der Waals surface area contributed by atoms with Crippen molar-refractivity contribution >= 4 is 5.57 Å². The smallest absolute Gasteiger partial charge is 0.123 e. The summed E-state index contributed by atoms with van der Waals surface area (Å²) in [5.74, 6) is -0.237. The van der Waals surface area contributed by atoms with E-state index in [1.54, 1.807) is 12.1 Å². The van der Waals surface area contributed by atoms with Crippen molar-refractivity contribution in [2.24, 2.45) is 0 Å². The van der Waals surface area contributed by atoms with E-state index in [9.17, 15) is 15.3 Å². The second-order valence-electron chi connectivity index (χ2n) is 6.67. The van der Waals surface area contributed by atoms with Gasteiger partial charge in [-0.15, -0.1) is 0 Å². The number of phenolic OH excluding ortho intramolecular Hbond substituents is 2. The highest BCUT2D eigenvalue weighted by molar-refractivity contribution is 5.84. The van der Waals surface area contributed by atoms with Gasteiger partial charge in [-0.1, -0.05) is 35.9 Å². The number of aliphatic hydroxyl groups excluding tert-OH is 1. The van der Waals surface area contributed by atoms with E-state index in [-0.39, 0.29) is 17.3 Å². The van der Waals surface area contributed by atoms with Crippen LogP contribution in [0, 0.1) is 13.8 Å². The van der Waals surface area contributed by atoms with Crippen LogP contribution in [0.5, 0.6) is 11.5 Å². The standard InChI is InChI=1S/C22H22O3/c1-12-5-7-19(23)16(9-12)17-11-14(3)15(4)21(22(17)25)18-10-13(2)6-8-20(18)24/h5-11,21,23-25H,4H2,1-3H3. The highest BCUT2D eigenvalue weighted by Gasteiger charge is 2.30. The van der Waals surface area contributed by atoms with Crippen LogP contribution in [0.4, 0.5) is 0 Å². The van der Waals surface area contributed by atoms with E-state index in [1.165, 1.54) is 0 Å². The number of hydrogen-bond donors (Lipinski definition) is 3. The Morgan fingerprint density at radius 1 is 0.840 bits per heavy atom. The molecule has 0 saturated heterocycles. The van der Waals surface area contributed by atoms with Crippen molar-refractivity contribution < 1.29 is 15.3 Å². The molecular formula is C22H22O3. The third-order valence-corrected chi connectivity index (χ3v) is 4.70. The summed E-state index contributed by atoms with van der Waals surface area (Å²) in [5, 5.41) is 31.6. The zero-order valence-electron chi connectivity index (χ0n) is 14.7. The Bertz CT molecular complexity index is 932. The zero-order valence-corrected chi connectivity index (χ0v) is 14.7. The van der Waals surface area contributed by atoms with E-state index in [0.29, 0.717) is 16.7 Å². The van der Waals surface area contributed by atoms with Gasteiger partial charge in [0.05, 0.1) is 5.92 Å². The number of aromatic hydroxyl groups is 2. The summed E-state index contributed by atoms with van der Waals surface area (Å²) in [5.41, 5.74) is 5.34. The van der Waals surface area contributed by atoms with Gasteiger partial charge in [-0.05, 0) is 56.2 Å². The molecule has 2 aromatic carbocycles. The summed E-state index contributed by atoms with van der Waals surface area (Å²) in [6.07, 6.45) is 1.83. The lowest BCUT2D eigenvalue weighted by Gasteiger charge is -2.28. The first-order valence-electron chi connectivity index (χ1n) is 8.19. The maximum absolute atomic E-state index is 11.0. The third-order valence-electron chi connectivity index (χ3n) is 4.70. The number of rotatable bonds is 2. The SMILES string of the molecule is C=C1C(C)=CC(c2cc(C)ccc2O)=C(O)C1c1cc(C)ccc1O. The summed E-state index contributed by atoms with van der Waals surface area (Å²) < 4.78 is 0. The van der Waals surface area contributed by atoms with Crippen LogP contribution in [-0.2, 0) is 0 Å². The highest BCUT2D eigenvalue weighted by Crippen LogP contribution is 2.46. The molecule has 0 radical (unpaired) electrons. The molecule has 0 aromatic heterocycles. The van der Waals surface area contributed by atoms with Crippen molar-refractivity contribution in [3.8, 4) is 11.5 Å². The monoisotopic (exact) mass is 334 g/mol. The molecule has 128 valence electrons. The first-order valence-corrected chi connectivity index (χ1v) is 8.19. The molecule has 1 atom stereocenters. The predicted molar refractivity (Wildman–Crippen MR) is 101 cm³/mol. The second kappa shape index (κ2) is 6.17. The largest absolute Gasteiger partial charge is 0.511 e. The number of aryl methyl sites for hydroxylation is 2. The first kappa shape index (κ1) is 16.9. The molecule has 1 aliphatic carbocycles. The Kier molecular flexibility index (Phi) is 4.17. The van der Waals surface area contributed by atoms with Gasteiger partial charge in [-0.25, -0.2) is 0 Å². The molecule has 0 bridgehead atoms. The minimum Gasteiger partial charge on any atom is -0.511 e. The number of benzene rings is 2. The van der Waals surface area contributed by atoms with E-state index in [1.807, 2.05) is 51.1 Å². The number of phenols is 2. The summed E-state index contributed by atoms with van der Waals surface area (Å²) >= 11 is 0. The summed E-state index contributed by atoms with van der Waals surface area (Å²) in [4.78, 5) is 0. The molecule has 0 spiro atoms. The Morgan fingerprint density at radius 3 is 2.12 bits per heavy atom. The van der Waals surface area contributed by atoms with Crippen molar-refractivity contribution in [3.63, 3.8) is 0 Å². The van der Waals surface area contributed by atoms with E-state index < -0.39 is 5.92 Å². The minimum atomic E-state index is -0.542. The molecule has 0 amide bonds. The second-order valence-corrected chi connectivity index (χ2v) is 6.67. The van der Waals surface area contributed by atoms with E-state index >= 15 is 0 Å². The third kappa shape index (κ3) is 2.93. The maximum atomic E-state index is 11.0. The molecule has 3 rings (SSSR count). The lowest BCUT2D eigenvalue weighted by Crippen LogP contribution is -2.13. The lowest BCUT2D eigenvalue weighted by atomic mass is 9.78. The number of allylic oxidation sites excluding steroid dienone is 4. The normalized spacial score (nSPS) is 17.6. The molecule has 3 N–H and O–H groups in total. The number of aliphatic hydroxyl groups is 1. The molecule has 3 nitrogen and oxygen atoms in total. The fraction of sp³-hybridized carbons (Fsp3) is 0.182. The van der Waals surface area contributed by atoms with E-state index in [4.69, 9.17) is 0 Å². The average Bonchev–Trinajstić information content (AvgIpc) is 2.57. The van der Waals surface area contributed by atoms with Crippen LogP contribution in [0.1, 0.15) is 35.1 Å². The Balaban J connectivity index is 2.25. The van der Waals surface area contributed by atoms with Crippen LogP contribution < -0.4 is 0 Å². The predicted octanol–water partition coefficient (Wildman–Crippen LogP) is 5.28. The van der Waals surface area contributed by atoms with Crippen molar-refractivity contribution in [1.82, 2.24) is 0 Å². The fourth-order valence-corrected chi connectivity index (χ4v) is 3.25. The molecule has 0 heterocycles. The van der Waals surface area contributed by atoms with Crippen molar-refractivity contribution in [1.29, 1.82) is 0 Å². The molecular weight excluding hydrogens is 312 g/mol. The summed E-state index contributed by atoms with van der Waals surface area (Å²) in [6, 6.07) is 10.6. The van der Waals surface area contributed by atoms with Crippen LogP contribution in [0.25, 0.3) is 5.57 Å². The molecule has 0 saturated carbocycles. The quantitative estimate of drug-likeness (QED) is 0.700. The zero-order chi connectivity index (χ0) is 18.3. The average molecular weight is 334 g/mol. The summed E-state index contributed by atoms with van der Waals surface area (Å²) in [6.45, 7) is 9.89. The van der Waals surface area contributed by atoms with Gasteiger partial charge < -0.3 is 15.3 Å². The van der Waals surface area contributed by atoms with Gasteiger partial charge in [-0.3, -0.25) is 0 Å². The first-order chi connectivity index (χ1) is 11.8. The van der Waals surface area contributed by atoms with Crippen LogP contribution in [0.3, 0.4) is 0 Å². The Labute approximate surface area is 147 Å². The Morgan fingerprint density at radius 2 is 1.44 bits per heavy atom. The van der Waals surface area contributed by atoms with Gasteiger partial charge in [0.15, 0.2) is 0 Å². The molecule has 3 heteroatoms. The topological polar surface area (TPSA) is 60.7 Å². The van der Waals surface area contributed by atoms with E-state index in [2.05, 4.69) is 6.58 Å². The van der Waals surface area contributed by atoms with Gasteiger partial charge in [-0.2, -0.15) is 0 Å². The fourth-order valence-electron chi connectivity index (χ4n) is 3.25. The van der Waals surface area contributed by atoms with Gasteiger partial charge in [0.25, 0.3) is 0 Å². The lowest BCUT2D eigenvalue weighted by molar-refractivity contribution is 0.376. The molecule has 2 aromatic rings. The molecule has 1 aliphatic rings. The molecule has 0 fully saturated rings. The molecule has 25 heavy (non-hydrogen) atoms. The van der Waals surface area contributed by atoms with Gasteiger partial charge in [0.1, 0.15) is 17.3 Å². The highest BCUT2D eigenvalue weighted by atomic mass is 16.3. The number of hydrogen-bond acceptors (Lipinski definition) is 3. The summed E-state index contributed by atoms with van der Waals surface area (Å²) in [7, 11) is 0. The maximum Gasteiger partial charge on any atom is 0.123 e. The van der Waals surface area contributed by atoms with Gasteiger partial charge in [0, 0.05) is 16.7 Å². The van der Waals surface area contributed by atoms with Crippen molar-refractivity contribution in [3.05, 3.63) is 88.2 Å². The van der Waals surface area contributed by atoms with Gasteiger partial charge >= 0.3 is 0 Å². The van der Waals surface area contributed by atoms with Crippen LogP contribution in [0.2, 0.25) is 0 Å². The molecule has 1 unspecified atom stereocenters. The van der Waals surface area contributed by atoms with Crippen molar-refractivity contribution in [2.45, 2.75) is 26.7 Å². The van der Waals surface area contributed by atoms with Crippen LogP contribution in [-0.4, -0.2) is 15.3 Å². The minimum absolute atomic E-state index is 0.0809. The van der Waals surface area contributed by atoms with Crippen LogP contribution in [0.15, 0.2) is 66.0 Å². The van der Waals surface area contributed by atoms with Gasteiger partial charge in [0.2, 0.25) is 0 Å². The van der Waals surface area contributed by atoms with Crippen molar-refractivity contribution in [2.75, 3.05) is 0 Å². The Hall–Kier alpha value is -2.94. The van der Waals surface area contributed by atoms with E-state index in [0.717, 1.165) is 22.3 Å².